The molecule has 2 aliphatic rings. The number of aromatic nitrogens is 3. The number of aliphatic hydroxyl groups is 2. The third kappa shape index (κ3) is 5.34. The number of hydrogen-bond acceptors (Lipinski definition) is 8. The molecule has 1 aromatic carbocycles. The van der Waals surface area contributed by atoms with Crippen molar-refractivity contribution in [2.45, 2.75) is 31.2 Å². The lowest BCUT2D eigenvalue weighted by Gasteiger charge is -2.45. The minimum absolute atomic E-state index is 0.0852. The standard InChI is InChI=1S/C25H25F3N6O4/c26-25(27,28)16-4-1-3-15(9-16)22-30-11-20-23(32-22)34(18-5-2-8-33(20)12-18)24(37)31-17-6-7-21(29-10-17)38-14-19(36)13-35/h1,3-4,6-7,9-11,18-19,35-36H,2,5,8,12-14H2,(H,31,37)/t18?,19-/m1/s1. The highest BCUT2D eigenvalue weighted by Crippen LogP contribution is 2.39. The molecule has 2 bridgehead atoms. The van der Waals surface area contributed by atoms with Gasteiger partial charge in [0.25, 0.3) is 0 Å². The molecule has 0 aliphatic carbocycles. The van der Waals surface area contributed by atoms with Gasteiger partial charge in [-0.25, -0.2) is 19.7 Å². The Morgan fingerprint density at radius 3 is 2.79 bits per heavy atom. The van der Waals surface area contributed by atoms with E-state index in [1.54, 1.807) is 12.3 Å². The summed E-state index contributed by atoms with van der Waals surface area (Å²) in [6, 6.07) is 7.22. The molecule has 5 rings (SSSR count). The van der Waals surface area contributed by atoms with Gasteiger partial charge < -0.3 is 25.2 Å². The number of nitrogens with one attached hydrogen (secondary N) is 1. The van der Waals surface area contributed by atoms with Crippen LogP contribution in [0.3, 0.4) is 0 Å². The zero-order valence-electron chi connectivity index (χ0n) is 20.1. The van der Waals surface area contributed by atoms with Crippen LogP contribution in [0.5, 0.6) is 5.88 Å². The predicted molar refractivity (Wildman–Crippen MR) is 132 cm³/mol. The molecular formula is C25H25F3N6O4. The van der Waals surface area contributed by atoms with Gasteiger partial charge in [-0.15, -0.1) is 0 Å². The number of carbonyl (C=O) groups is 1. The number of rotatable bonds is 6. The van der Waals surface area contributed by atoms with E-state index in [4.69, 9.17) is 9.84 Å². The summed E-state index contributed by atoms with van der Waals surface area (Å²) in [5, 5.41) is 21.1. The first-order valence-electron chi connectivity index (χ1n) is 12.0. The molecule has 0 spiro atoms. The van der Waals surface area contributed by atoms with Crippen molar-refractivity contribution < 1.29 is 32.9 Å². The van der Waals surface area contributed by atoms with Crippen LogP contribution in [-0.2, 0) is 6.18 Å². The minimum atomic E-state index is -4.51. The van der Waals surface area contributed by atoms with Crippen LogP contribution in [0.4, 0.5) is 35.2 Å². The zero-order chi connectivity index (χ0) is 26.9. The van der Waals surface area contributed by atoms with E-state index in [0.717, 1.165) is 31.5 Å². The molecule has 2 atom stereocenters. The van der Waals surface area contributed by atoms with E-state index in [-0.39, 0.29) is 29.9 Å². The Morgan fingerprint density at radius 1 is 1.21 bits per heavy atom. The predicted octanol–water partition coefficient (Wildman–Crippen LogP) is 3.31. The summed E-state index contributed by atoms with van der Waals surface area (Å²) in [5.41, 5.74) is 0.408. The largest absolute Gasteiger partial charge is 0.475 e. The Hall–Kier alpha value is -3.97. The summed E-state index contributed by atoms with van der Waals surface area (Å²) >= 11 is 0. The van der Waals surface area contributed by atoms with Crippen molar-refractivity contribution in [2.75, 3.05) is 41.4 Å². The van der Waals surface area contributed by atoms with E-state index in [9.17, 15) is 23.1 Å². The van der Waals surface area contributed by atoms with Crippen LogP contribution in [0.25, 0.3) is 11.4 Å². The molecule has 3 aromatic rings. The molecule has 2 amide bonds. The molecule has 3 N–H and O–H groups in total. The summed E-state index contributed by atoms with van der Waals surface area (Å²) in [6.45, 7) is 0.779. The minimum Gasteiger partial charge on any atom is -0.475 e. The number of anilines is 3. The van der Waals surface area contributed by atoms with Crippen molar-refractivity contribution in [3.63, 3.8) is 0 Å². The van der Waals surface area contributed by atoms with Gasteiger partial charge in [-0.05, 0) is 31.0 Å². The summed E-state index contributed by atoms with van der Waals surface area (Å²) in [5.74, 6) is 0.619. The molecule has 200 valence electrons. The van der Waals surface area contributed by atoms with Crippen molar-refractivity contribution in [3.05, 3.63) is 54.4 Å². The van der Waals surface area contributed by atoms with Gasteiger partial charge >= 0.3 is 12.2 Å². The Balaban J connectivity index is 1.41. The molecule has 1 unspecified atom stereocenters. The van der Waals surface area contributed by atoms with E-state index in [1.807, 2.05) is 0 Å². The van der Waals surface area contributed by atoms with Crippen LogP contribution in [0.1, 0.15) is 18.4 Å². The second kappa shape index (κ2) is 10.4. The number of piperidine rings is 1. The first kappa shape index (κ1) is 25.7. The fourth-order valence-corrected chi connectivity index (χ4v) is 4.52. The van der Waals surface area contributed by atoms with Crippen molar-refractivity contribution in [1.82, 2.24) is 15.0 Å². The number of halogens is 3. The smallest absolute Gasteiger partial charge is 0.416 e. The van der Waals surface area contributed by atoms with Crippen LogP contribution in [-0.4, -0.2) is 69.6 Å². The molecule has 10 nitrogen and oxygen atoms in total. The Morgan fingerprint density at radius 2 is 2.05 bits per heavy atom. The molecule has 4 heterocycles. The number of hydrogen-bond donors (Lipinski definition) is 3. The summed E-state index contributed by atoms with van der Waals surface area (Å²) in [6.07, 6.45) is -1.00. The second-order valence-corrected chi connectivity index (χ2v) is 9.06. The first-order chi connectivity index (χ1) is 18.2. The molecule has 2 aromatic heterocycles. The molecule has 38 heavy (non-hydrogen) atoms. The summed E-state index contributed by atoms with van der Waals surface area (Å²) < 4.78 is 45.1. The van der Waals surface area contributed by atoms with Crippen LogP contribution in [0, 0.1) is 0 Å². The fraction of sp³-hybridized carbons (Fsp3) is 0.360. The number of fused-ring (bicyclic) bond motifs is 4. The van der Waals surface area contributed by atoms with Crippen LogP contribution in [0.2, 0.25) is 0 Å². The molecule has 13 heteroatoms. The Kier molecular flexibility index (Phi) is 7.04. The lowest BCUT2D eigenvalue weighted by Crippen LogP contribution is -2.56. The number of benzene rings is 1. The maximum absolute atomic E-state index is 13.5. The van der Waals surface area contributed by atoms with Crippen LogP contribution >= 0.6 is 0 Å². The van der Waals surface area contributed by atoms with Gasteiger partial charge in [0.05, 0.1) is 42.0 Å². The molecule has 1 fully saturated rings. The van der Waals surface area contributed by atoms with Crippen LogP contribution in [0.15, 0.2) is 48.8 Å². The van der Waals surface area contributed by atoms with Crippen LogP contribution < -0.4 is 19.9 Å². The monoisotopic (exact) mass is 530 g/mol. The quantitative estimate of drug-likeness (QED) is 0.444. The van der Waals surface area contributed by atoms with Gasteiger partial charge in [0.1, 0.15) is 12.7 Å². The van der Waals surface area contributed by atoms with Gasteiger partial charge in [0.2, 0.25) is 5.88 Å². The molecule has 0 radical (unpaired) electrons. The molecule has 2 aliphatic heterocycles. The van der Waals surface area contributed by atoms with Gasteiger partial charge in [0, 0.05) is 24.7 Å². The third-order valence-electron chi connectivity index (χ3n) is 6.37. The topological polar surface area (TPSA) is 124 Å². The van der Waals surface area contributed by atoms with E-state index < -0.39 is 30.5 Å². The second-order valence-electron chi connectivity index (χ2n) is 9.06. The van der Waals surface area contributed by atoms with Crippen molar-refractivity contribution in [2.24, 2.45) is 0 Å². The highest BCUT2D eigenvalue weighted by atomic mass is 19.4. The fourth-order valence-electron chi connectivity index (χ4n) is 4.52. The van der Waals surface area contributed by atoms with Crippen molar-refractivity contribution in [1.29, 1.82) is 0 Å². The highest BCUT2D eigenvalue weighted by molar-refractivity contribution is 6.04. The van der Waals surface area contributed by atoms with Crippen molar-refractivity contribution >= 4 is 23.2 Å². The SMILES string of the molecule is O=C(Nc1ccc(OC[C@H](O)CO)nc1)N1c2nc(-c3cccc(C(F)(F)F)c3)ncc2N2CCCC1C2. The Labute approximate surface area is 215 Å². The van der Waals surface area contributed by atoms with E-state index in [0.29, 0.717) is 23.7 Å². The lowest BCUT2D eigenvalue weighted by atomic mass is 10.0. The summed E-state index contributed by atoms with van der Waals surface area (Å²) in [4.78, 5) is 30.1. The molecule has 1 saturated heterocycles. The van der Waals surface area contributed by atoms with Gasteiger partial charge in [0.15, 0.2) is 11.6 Å². The Bertz CT molecular complexity index is 1310. The average molecular weight is 531 g/mol. The number of ether oxygens (including phenoxy) is 1. The van der Waals surface area contributed by atoms with Gasteiger partial charge in [-0.3, -0.25) is 4.90 Å². The van der Waals surface area contributed by atoms with E-state index in [1.165, 1.54) is 29.3 Å². The number of carbonyl (C=O) groups excluding carboxylic acids is 1. The number of alkyl halides is 3. The normalized spacial score (nSPS) is 17.6. The van der Waals surface area contributed by atoms with Crippen molar-refractivity contribution in [3.8, 4) is 17.3 Å². The van der Waals surface area contributed by atoms with Gasteiger partial charge in [-0.1, -0.05) is 12.1 Å². The average Bonchev–Trinajstić information content (AvgIpc) is 2.92. The number of aliphatic hydroxyl groups excluding tert-OH is 2. The van der Waals surface area contributed by atoms with E-state index in [2.05, 4.69) is 25.2 Å². The number of amides is 2. The highest BCUT2D eigenvalue weighted by Gasteiger charge is 2.39. The first-order valence-corrected chi connectivity index (χ1v) is 12.0. The third-order valence-corrected chi connectivity index (χ3v) is 6.37. The molecule has 0 saturated carbocycles. The number of nitrogens with zero attached hydrogens (tertiary/aromatic N) is 5. The maximum atomic E-state index is 13.5. The summed E-state index contributed by atoms with van der Waals surface area (Å²) in [7, 11) is 0. The van der Waals surface area contributed by atoms with E-state index >= 15 is 0 Å². The zero-order valence-corrected chi connectivity index (χ0v) is 20.1. The number of urea groups is 1. The maximum Gasteiger partial charge on any atom is 0.416 e. The molecular weight excluding hydrogens is 505 g/mol. The van der Waals surface area contributed by atoms with Gasteiger partial charge in [-0.2, -0.15) is 13.2 Å². The lowest BCUT2D eigenvalue weighted by molar-refractivity contribution is -0.137. The number of pyridine rings is 1.